The van der Waals surface area contributed by atoms with Crippen LogP contribution in [0.15, 0.2) is 41.6 Å². The molecule has 0 fully saturated rings. The van der Waals surface area contributed by atoms with E-state index in [2.05, 4.69) is 4.98 Å². The number of hydrogen-bond acceptors (Lipinski definition) is 3. The van der Waals surface area contributed by atoms with E-state index in [4.69, 9.17) is 28.9 Å². The molecule has 2 aromatic rings. The van der Waals surface area contributed by atoms with Crippen LogP contribution in [0.5, 0.6) is 0 Å². The van der Waals surface area contributed by atoms with Gasteiger partial charge >= 0.3 is 0 Å². The molecule has 6 heteroatoms. The Morgan fingerprint density at radius 3 is 2.78 bits per heavy atom. The van der Waals surface area contributed by atoms with E-state index in [9.17, 15) is 4.21 Å². The molecule has 1 unspecified atom stereocenters. The molecule has 1 aromatic carbocycles. The van der Waals surface area contributed by atoms with Gasteiger partial charge in [0.05, 0.1) is 43.4 Å². The summed E-state index contributed by atoms with van der Waals surface area (Å²) in [6, 6.07) is 6.90. The maximum absolute atomic E-state index is 12.2. The highest BCUT2D eigenvalue weighted by Gasteiger charge is 2.12. The highest BCUT2D eigenvalue weighted by atomic mass is 35.5. The number of anilines is 1. The van der Waals surface area contributed by atoms with Crippen LogP contribution in [-0.2, 0) is 16.6 Å². The van der Waals surface area contributed by atoms with Gasteiger partial charge in [-0.2, -0.15) is 0 Å². The summed E-state index contributed by atoms with van der Waals surface area (Å²) in [7, 11) is -1.27. The van der Waals surface area contributed by atoms with E-state index in [1.807, 2.05) is 0 Å². The first-order valence-corrected chi connectivity index (χ1v) is 7.18. The Hall–Kier alpha value is -1.10. The Morgan fingerprint density at radius 2 is 2.06 bits per heavy atom. The summed E-state index contributed by atoms with van der Waals surface area (Å²) >= 11 is 12.0. The third-order valence-electron chi connectivity index (χ3n) is 2.37. The SMILES string of the molecule is Nc1cnccc1S(=O)Cc1cccc(Cl)c1Cl. The highest BCUT2D eigenvalue weighted by molar-refractivity contribution is 7.84. The lowest BCUT2D eigenvalue weighted by Crippen LogP contribution is -2.01. The predicted octanol–water partition coefficient (Wildman–Crippen LogP) is 3.28. The molecule has 0 aliphatic rings. The van der Waals surface area contributed by atoms with Gasteiger partial charge in [0.2, 0.25) is 0 Å². The number of rotatable bonds is 3. The van der Waals surface area contributed by atoms with Crippen molar-refractivity contribution in [3.05, 3.63) is 52.3 Å². The third-order valence-corrected chi connectivity index (χ3v) is 4.67. The molecule has 0 aliphatic carbocycles. The molecule has 94 valence electrons. The van der Waals surface area contributed by atoms with Crippen molar-refractivity contribution >= 4 is 39.7 Å². The van der Waals surface area contributed by atoms with Crippen LogP contribution < -0.4 is 5.73 Å². The van der Waals surface area contributed by atoms with E-state index in [1.54, 1.807) is 30.5 Å². The van der Waals surface area contributed by atoms with E-state index in [0.717, 1.165) is 5.56 Å². The van der Waals surface area contributed by atoms with Crippen molar-refractivity contribution in [1.82, 2.24) is 4.98 Å². The maximum atomic E-state index is 12.2. The Morgan fingerprint density at radius 1 is 1.28 bits per heavy atom. The largest absolute Gasteiger partial charge is 0.396 e. The van der Waals surface area contributed by atoms with E-state index in [1.165, 1.54) is 6.20 Å². The lowest BCUT2D eigenvalue weighted by atomic mass is 10.2. The number of nitrogens with zero attached hydrogens (tertiary/aromatic N) is 1. The monoisotopic (exact) mass is 300 g/mol. The molecule has 0 bridgehead atoms. The van der Waals surface area contributed by atoms with Gasteiger partial charge in [-0.25, -0.2) is 0 Å². The van der Waals surface area contributed by atoms with Gasteiger partial charge in [0.15, 0.2) is 0 Å². The minimum absolute atomic E-state index is 0.271. The second kappa shape index (κ2) is 5.69. The molecule has 0 saturated carbocycles. The van der Waals surface area contributed by atoms with Crippen molar-refractivity contribution < 1.29 is 4.21 Å². The van der Waals surface area contributed by atoms with Gasteiger partial charge in [-0.3, -0.25) is 9.19 Å². The molecule has 3 nitrogen and oxygen atoms in total. The Labute approximate surface area is 117 Å². The zero-order valence-corrected chi connectivity index (χ0v) is 11.6. The first kappa shape index (κ1) is 13.3. The lowest BCUT2D eigenvalue weighted by Gasteiger charge is -2.07. The number of halogens is 2. The van der Waals surface area contributed by atoms with Crippen LogP contribution in [0.3, 0.4) is 0 Å². The summed E-state index contributed by atoms with van der Waals surface area (Å²) in [5.74, 6) is 0.271. The van der Waals surface area contributed by atoms with E-state index < -0.39 is 10.8 Å². The van der Waals surface area contributed by atoms with Crippen molar-refractivity contribution in [2.24, 2.45) is 0 Å². The Kier molecular flexibility index (Phi) is 4.22. The molecule has 0 saturated heterocycles. The summed E-state index contributed by atoms with van der Waals surface area (Å²) in [5.41, 5.74) is 6.87. The summed E-state index contributed by atoms with van der Waals surface area (Å²) < 4.78 is 12.2. The van der Waals surface area contributed by atoms with Crippen LogP contribution in [-0.4, -0.2) is 9.19 Å². The van der Waals surface area contributed by atoms with Crippen LogP contribution in [0.25, 0.3) is 0 Å². The maximum Gasteiger partial charge on any atom is 0.0664 e. The van der Waals surface area contributed by atoms with E-state index in [-0.39, 0.29) is 5.75 Å². The van der Waals surface area contributed by atoms with Crippen LogP contribution in [0.2, 0.25) is 10.0 Å². The summed E-state index contributed by atoms with van der Waals surface area (Å²) in [5, 5.41) is 0.883. The van der Waals surface area contributed by atoms with Crippen molar-refractivity contribution in [1.29, 1.82) is 0 Å². The minimum atomic E-state index is -1.27. The first-order chi connectivity index (χ1) is 8.59. The Bertz CT molecular complexity index is 604. The molecule has 1 atom stereocenters. The molecular formula is C12H10Cl2N2OS. The number of nitrogens with two attached hydrogens (primary N) is 1. The van der Waals surface area contributed by atoms with Gasteiger partial charge < -0.3 is 5.73 Å². The standard InChI is InChI=1S/C12H10Cl2N2OS/c13-9-3-1-2-8(12(9)14)7-18(17)11-4-5-16-6-10(11)15/h1-6H,7,15H2. The number of aromatic nitrogens is 1. The van der Waals surface area contributed by atoms with Gasteiger partial charge in [-0.1, -0.05) is 35.3 Å². The van der Waals surface area contributed by atoms with Gasteiger partial charge in [0.25, 0.3) is 0 Å². The summed E-state index contributed by atoms with van der Waals surface area (Å²) in [4.78, 5) is 4.42. The van der Waals surface area contributed by atoms with E-state index in [0.29, 0.717) is 20.6 Å². The average molecular weight is 301 g/mol. The Balaban J connectivity index is 2.27. The molecule has 0 amide bonds. The quantitative estimate of drug-likeness (QED) is 0.946. The van der Waals surface area contributed by atoms with Crippen molar-refractivity contribution in [3.63, 3.8) is 0 Å². The fraction of sp³-hybridized carbons (Fsp3) is 0.0833. The van der Waals surface area contributed by atoms with Gasteiger partial charge in [-0.15, -0.1) is 0 Å². The lowest BCUT2D eigenvalue weighted by molar-refractivity contribution is 0.683. The molecule has 2 N–H and O–H groups in total. The summed E-state index contributed by atoms with van der Waals surface area (Å²) in [6.07, 6.45) is 3.04. The van der Waals surface area contributed by atoms with Crippen LogP contribution >= 0.6 is 23.2 Å². The van der Waals surface area contributed by atoms with Gasteiger partial charge in [-0.05, 0) is 17.7 Å². The fourth-order valence-electron chi connectivity index (χ4n) is 1.48. The van der Waals surface area contributed by atoms with Gasteiger partial charge in [0.1, 0.15) is 0 Å². The second-order valence-corrected chi connectivity index (χ2v) is 5.82. The zero-order chi connectivity index (χ0) is 13.1. The second-order valence-electron chi connectivity index (χ2n) is 3.62. The van der Waals surface area contributed by atoms with Crippen LogP contribution in [0, 0.1) is 0 Å². The van der Waals surface area contributed by atoms with Crippen LogP contribution in [0.4, 0.5) is 5.69 Å². The van der Waals surface area contributed by atoms with Crippen molar-refractivity contribution in [3.8, 4) is 0 Å². The zero-order valence-electron chi connectivity index (χ0n) is 9.27. The molecule has 0 aliphatic heterocycles. The topological polar surface area (TPSA) is 56.0 Å². The molecule has 1 heterocycles. The fourth-order valence-corrected chi connectivity index (χ4v) is 3.15. The number of hydrogen-bond donors (Lipinski definition) is 1. The molecular weight excluding hydrogens is 291 g/mol. The number of benzene rings is 1. The predicted molar refractivity (Wildman–Crippen MR) is 75.2 cm³/mol. The van der Waals surface area contributed by atoms with Crippen molar-refractivity contribution in [2.75, 3.05) is 5.73 Å². The first-order valence-electron chi connectivity index (χ1n) is 5.10. The van der Waals surface area contributed by atoms with Crippen molar-refractivity contribution in [2.45, 2.75) is 10.6 Å². The molecule has 18 heavy (non-hydrogen) atoms. The average Bonchev–Trinajstić information content (AvgIpc) is 2.35. The number of nitrogen functional groups attached to an aromatic ring is 1. The number of pyridine rings is 1. The molecule has 1 aromatic heterocycles. The highest BCUT2D eigenvalue weighted by Crippen LogP contribution is 2.28. The summed E-state index contributed by atoms with van der Waals surface area (Å²) in [6.45, 7) is 0. The minimum Gasteiger partial charge on any atom is -0.396 e. The van der Waals surface area contributed by atoms with Gasteiger partial charge in [0, 0.05) is 6.20 Å². The third kappa shape index (κ3) is 2.83. The molecule has 0 spiro atoms. The molecule has 2 rings (SSSR count). The molecule has 0 radical (unpaired) electrons. The normalized spacial score (nSPS) is 12.3. The van der Waals surface area contributed by atoms with Crippen LogP contribution in [0.1, 0.15) is 5.56 Å². The smallest absolute Gasteiger partial charge is 0.0664 e. The van der Waals surface area contributed by atoms with E-state index >= 15 is 0 Å².